The number of carbonyl (C=O) groups is 1. The molecule has 2 aliphatic rings. The number of rotatable bonds is 7. The Hall–Kier alpha value is -2.22. The summed E-state index contributed by atoms with van der Waals surface area (Å²) in [6, 6.07) is 14.1. The monoisotopic (exact) mass is 812 g/mol. The lowest BCUT2D eigenvalue weighted by Crippen LogP contribution is -2.41. The van der Waals surface area contributed by atoms with Crippen molar-refractivity contribution < 1.29 is 41.9 Å². The van der Waals surface area contributed by atoms with Gasteiger partial charge in [0.25, 0.3) is 0 Å². The zero-order valence-electron chi connectivity index (χ0n) is 29.3. The average Bonchev–Trinajstić information content (AvgIpc) is 3.24. The number of ether oxygens (including phenoxy) is 2. The van der Waals surface area contributed by atoms with Crippen LogP contribution in [0.15, 0.2) is 63.5 Å². The summed E-state index contributed by atoms with van der Waals surface area (Å²) in [6.07, 6.45) is 0.866. The minimum Gasteiger partial charge on any atom is -0.487 e. The number of hydrogen-bond acceptors (Lipinski definition) is 6. The molecule has 2 heterocycles. The molecule has 2 aliphatic heterocycles. The fraction of sp³-hybridized carbons (Fsp3) is 0.486. The normalized spacial score (nSPS) is 17.6. The Labute approximate surface area is 305 Å². The molecule has 3 aromatic rings. The van der Waals surface area contributed by atoms with E-state index in [4.69, 9.17) is 18.8 Å². The van der Waals surface area contributed by atoms with Crippen LogP contribution >= 0.6 is 31.9 Å². The summed E-state index contributed by atoms with van der Waals surface area (Å²) in [7, 11) is -0.563. The standard InChI is InChI=1S/C17H24BFO4.C10H12BrFO.C10H10BrFO/c1-16(2)17(3,4)23-18(22-16)12-5-6-15(14(19)11-12)21-13-7-9-20-10-8-13;2*1-6(2)10(13)8-4-3-7(11)5-9(8)12/h5-6,11,13H,7-10H2,1-4H3;3-6,10,13H,1-2H3;3-6H,1-2H3. The van der Waals surface area contributed by atoms with E-state index in [1.54, 1.807) is 44.2 Å². The Balaban J connectivity index is 0.000000215. The molecule has 2 saturated heterocycles. The number of benzene rings is 3. The third-order valence-corrected chi connectivity index (χ3v) is 9.56. The van der Waals surface area contributed by atoms with Gasteiger partial charge in [0.1, 0.15) is 17.7 Å². The van der Waals surface area contributed by atoms with Gasteiger partial charge in [-0.05, 0) is 81.5 Å². The first kappa shape index (κ1) is 41.2. The molecule has 2 fully saturated rings. The number of Topliss-reactive ketones (excluding diaryl/α,β-unsaturated/α-hetero) is 1. The lowest BCUT2D eigenvalue weighted by Gasteiger charge is -2.32. The highest BCUT2D eigenvalue weighted by molar-refractivity contribution is 9.10. The Morgan fingerprint density at radius 3 is 1.88 bits per heavy atom. The molecule has 0 radical (unpaired) electrons. The van der Waals surface area contributed by atoms with E-state index in [0.29, 0.717) is 33.2 Å². The molecule has 5 rings (SSSR count). The van der Waals surface area contributed by atoms with Crippen LogP contribution in [0.2, 0.25) is 0 Å². The molecule has 1 unspecified atom stereocenters. The van der Waals surface area contributed by atoms with Crippen molar-refractivity contribution in [1.29, 1.82) is 0 Å². The first-order chi connectivity index (χ1) is 22.8. The minimum absolute atomic E-state index is 0.0148. The maximum atomic E-state index is 14.4. The summed E-state index contributed by atoms with van der Waals surface area (Å²) in [5.74, 6) is -1.25. The number of ketones is 1. The topological polar surface area (TPSA) is 74.2 Å². The van der Waals surface area contributed by atoms with Gasteiger partial charge in [-0.2, -0.15) is 0 Å². The van der Waals surface area contributed by atoms with Gasteiger partial charge < -0.3 is 23.9 Å². The molecule has 3 aromatic carbocycles. The van der Waals surface area contributed by atoms with E-state index in [1.807, 2.05) is 41.5 Å². The van der Waals surface area contributed by atoms with Crippen molar-refractivity contribution in [2.45, 2.75) is 91.6 Å². The second-order valence-electron chi connectivity index (χ2n) is 13.7. The molecule has 0 amide bonds. The van der Waals surface area contributed by atoms with E-state index < -0.39 is 30.2 Å². The third kappa shape index (κ3) is 11.4. The van der Waals surface area contributed by atoms with E-state index >= 15 is 0 Å². The summed E-state index contributed by atoms with van der Waals surface area (Å²) in [4.78, 5) is 11.4. The van der Waals surface area contributed by atoms with Crippen molar-refractivity contribution in [3.63, 3.8) is 0 Å². The van der Waals surface area contributed by atoms with Gasteiger partial charge in [-0.3, -0.25) is 4.79 Å². The molecule has 12 heteroatoms. The number of hydrogen-bond donors (Lipinski definition) is 1. The lowest BCUT2D eigenvalue weighted by atomic mass is 9.79. The minimum atomic E-state index is -0.729. The van der Waals surface area contributed by atoms with Crippen LogP contribution in [0.3, 0.4) is 0 Å². The van der Waals surface area contributed by atoms with Crippen molar-refractivity contribution in [1.82, 2.24) is 0 Å². The van der Waals surface area contributed by atoms with Crippen LogP contribution in [-0.4, -0.2) is 48.5 Å². The summed E-state index contributed by atoms with van der Waals surface area (Å²) in [5, 5.41) is 9.61. The zero-order chi connectivity index (χ0) is 36.7. The first-order valence-corrected chi connectivity index (χ1v) is 17.9. The highest BCUT2D eigenvalue weighted by atomic mass is 79.9. The fourth-order valence-corrected chi connectivity index (χ4v) is 5.48. The fourth-order valence-electron chi connectivity index (χ4n) is 4.81. The van der Waals surface area contributed by atoms with E-state index in [0.717, 1.165) is 12.8 Å². The first-order valence-electron chi connectivity index (χ1n) is 16.3. The molecule has 1 N–H and O–H groups in total. The molecule has 0 aromatic heterocycles. The predicted octanol–water partition coefficient (Wildman–Crippen LogP) is 9.39. The van der Waals surface area contributed by atoms with Crippen LogP contribution in [-0.2, 0) is 14.0 Å². The van der Waals surface area contributed by atoms with Gasteiger partial charge in [-0.15, -0.1) is 0 Å². The van der Waals surface area contributed by atoms with Crippen LogP contribution < -0.4 is 10.2 Å². The van der Waals surface area contributed by atoms with Crippen molar-refractivity contribution in [3.8, 4) is 5.75 Å². The number of aliphatic hydroxyl groups is 1. The van der Waals surface area contributed by atoms with Crippen molar-refractivity contribution in [2.75, 3.05) is 13.2 Å². The van der Waals surface area contributed by atoms with Crippen LogP contribution in [0.5, 0.6) is 5.75 Å². The second kappa shape index (κ2) is 17.8. The van der Waals surface area contributed by atoms with E-state index in [1.165, 1.54) is 24.3 Å². The van der Waals surface area contributed by atoms with E-state index in [2.05, 4.69) is 31.9 Å². The smallest absolute Gasteiger partial charge is 0.487 e. The van der Waals surface area contributed by atoms with Gasteiger partial charge in [-0.25, -0.2) is 13.2 Å². The Kier molecular flexibility index (Phi) is 15.0. The van der Waals surface area contributed by atoms with Gasteiger partial charge in [0.2, 0.25) is 0 Å². The van der Waals surface area contributed by atoms with Crippen LogP contribution in [0.1, 0.15) is 90.3 Å². The summed E-state index contributed by atoms with van der Waals surface area (Å²) in [6.45, 7) is 16.5. The van der Waals surface area contributed by atoms with Crippen molar-refractivity contribution in [3.05, 3.63) is 92.1 Å². The number of aliphatic hydroxyl groups excluding tert-OH is 1. The van der Waals surface area contributed by atoms with Crippen LogP contribution in [0.4, 0.5) is 13.2 Å². The Morgan fingerprint density at radius 1 is 0.837 bits per heavy atom. The summed E-state index contributed by atoms with van der Waals surface area (Å²) in [5.41, 5.74) is 0.313. The van der Waals surface area contributed by atoms with Gasteiger partial charge in [-0.1, -0.05) is 71.7 Å². The molecular formula is C37H46BBr2F3O6. The maximum absolute atomic E-state index is 14.4. The molecular weight excluding hydrogens is 768 g/mol. The SMILES string of the molecule is CC(C)C(=O)c1ccc(Br)cc1F.CC(C)C(O)c1ccc(Br)cc1F.CC1(C)OB(c2ccc(OC3CCOCC3)c(F)c2)OC1(C)C. The van der Waals surface area contributed by atoms with Gasteiger partial charge in [0, 0.05) is 33.3 Å². The molecule has 0 spiro atoms. The number of halogens is 5. The van der Waals surface area contributed by atoms with Gasteiger partial charge in [0.05, 0.1) is 36.1 Å². The highest BCUT2D eigenvalue weighted by Crippen LogP contribution is 2.37. The maximum Gasteiger partial charge on any atom is 0.494 e. The molecule has 0 bridgehead atoms. The van der Waals surface area contributed by atoms with E-state index in [-0.39, 0.29) is 46.7 Å². The zero-order valence-corrected chi connectivity index (χ0v) is 32.5. The van der Waals surface area contributed by atoms with Crippen molar-refractivity contribution in [2.24, 2.45) is 11.8 Å². The summed E-state index contributed by atoms with van der Waals surface area (Å²) < 4.78 is 65.1. The second-order valence-corrected chi connectivity index (χ2v) is 15.5. The molecule has 49 heavy (non-hydrogen) atoms. The predicted molar refractivity (Wildman–Crippen MR) is 194 cm³/mol. The highest BCUT2D eigenvalue weighted by Gasteiger charge is 2.51. The Morgan fingerprint density at radius 2 is 1.39 bits per heavy atom. The lowest BCUT2D eigenvalue weighted by molar-refractivity contribution is 0.00578. The molecule has 0 aliphatic carbocycles. The van der Waals surface area contributed by atoms with Crippen LogP contribution in [0.25, 0.3) is 0 Å². The largest absolute Gasteiger partial charge is 0.494 e. The van der Waals surface area contributed by atoms with Gasteiger partial charge in [0.15, 0.2) is 17.3 Å². The van der Waals surface area contributed by atoms with Crippen molar-refractivity contribution >= 4 is 50.2 Å². The molecule has 1 atom stereocenters. The van der Waals surface area contributed by atoms with Crippen LogP contribution in [0, 0.1) is 29.3 Å². The number of carbonyl (C=O) groups excluding carboxylic acids is 1. The Bertz CT molecular complexity index is 1550. The van der Waals surface area contributed by atoms with Gasteiger partial charge >= 0.3 is 7.12 Å². The molecule has 0 saturated carbocycles. The molecule has 6 nitrogen and oxygen atoms in total. The third-order valence-electron chi connectivity index (χ3n) is 8.58. The average molecular weight is 814 g/mol. The molecule has 268 valence electrons. The summed E-state index contributed by atoms with van der Waals surface area (Å²) >= 11 is 6.29. The van der Waals surface area contributed by atoms with E-state index in [9.17, 15) is 23.1 Å². The quantitative estimate of drug-likeness (QED) is 0.190.